The molecule has 1 saturated heterocycles. The fraction of sp³-hybridized carbons (Fsp3) is 0.786. The Kier molecular flexibility index (Phi) is 3.46. The maximum atomic E-state index is 4.84. The lowest BCUT2D eigenvalue weighted by molar-refractivity contribution is 0.425. The van der Waals surface area contributed by atoms with Crippen LogP contribution >= 0.6 is 11.8 Å². The van der Waals surface area contributed by atoms with Crippen molar-refractivity contribution in [2.45, 2.75) is 63.2 Å². The van der Waals surface area contributed by atoms with Gasteiger partial charge < -0.3 is 4.57 Å². The van der Waals surface area contributed by atoms with Crippen LogP contribution in [0.1, 0.15) is 56.6 Å². The second kappa shape index (κ2) is 5.05. The van der Waals surface area contributed by atoms with Gasteiger partial charge in [-0.2, -0.15) is 11.8 Å². The minimum atomic E-state index is 0.666. The molecule has 0 aromatic carbocycles. The van der Waals surface area contributed by atoms with Crippen LogP contribution in [0, 0.1) is 0 Å². The summed E-state index contributed by atoms with van der Waals surface area (Å²) in [6.07, 6.45) is 11.6. The molecule has 3 heteroatoms. The maximum Gasteiger partial charge on any atom is 0.109 e. The van der Waals surface area contributed by atoms with E-state index in [4.69, 9.17) is 4.98 Å². The van der Waals surface area contributed by atoms with E-state index in [1.165, 1.54) is 62.2 Å². The Balaban J connectivity index is 1.71. The van der Waals surface area contributed by atoms with Crippen molar-refractivity contribution in [3.8, 4) is 0 Å². The Hall–Kier alpha value is -0.440. The average Bonchev–Trinajstić information content (AvgIpc) is 2.74. The molecule has 0 saturated carbocycles. The summed E-state index contributed by atoms with van der Waals surface area (Å²) in [7, 11) is 0. The Morgan fingerprint density at radius 2 is 2.29 bits per heavy atom. The van der Waals surface area contributed by atoms with Crippen LogP contribution in [0.4, 0.5) is 0 Å². The number of imidazole rings is 1. The lowest BCUT2D eigenvalue weighted by Gasteiger charge is -2.21. The van der Waals surface area contributed by atoms with E-state index in [0.29, 0.717) is 6.04 Å². The van der Waals surface area contributed by atoms with E-state index in [0.717, 1.165) is 5.25 Å². The van der Waals surface area contributed by atoms with Gasteiger partial charge in [-0.15, -0.1) is 0 Å². The molecule has 2 aliphatic heterocycles. The second-order valence-corrected chi connectivity index (χ2v) is 6.90. The molecule has 0 amide bonds. The summed E-state index contributed by atoms with van der Waals surface area (Å²) >= 11 is 2.16. The Labute approximate surface area is 108 Å². The van der Waals surface area contributed by atoms with Crippen molar-refractivity contribution < 1.29 is 0 Å². The van der Waals surface area contributed by atoms with Crippen LogP contribution in [0.5, 0.6) is 0 Å². The fourth-order valence-electron chi connectivity index (χ4n) is 3.05. The number of rotatable bonds is 2. The molecule has 0 spiro atoms. The lowest BCUT2D eigenvalue weighted by Crippen LogP contribution is -2.14. The number of thioether (sulfide) groups is 1. The molecule has 1 aromatic rings. The zero-order valence-electron chi connectivity index (χ0n) is 10.7. The third-order valence-corrected chi connectivity index (χ3v) is 5.46. The molecule has 0 radical (unpaired) electrons. The van der Waals surface area contributed by atoms with E-state index in [2.05, 4.69) is 29.4 Å². The second-order valence-electron chi connectivity index (χ2n) is 5.49. The number of nitrogens with zero attached hydrogens (tertiary/aromatic N) is 2. The van der Waals surface area contributed by atoms with Gasteiger partial charge in [0.15, 0.2) is 0 Å². The Morgan fingerprint density at radius 3 is 3.06 bits per heavy atom. The molecular weight excluding hydrogens is 228 g/mol. The average molecular weight is 250 g/mol. The first-order chi connectivity index (χ1) is 8.33. The number of aryl methyl sites for hydroxylation is 1. The van der Waals surface area contributed by atoms with Crippen LogP contribution < -0.4 is 0 Å². The van der Waals surface area contributed by atoms with Crippen molar-refractivity contribution in [3.63, 3.8) is 0 Å². The quantitative estimate of drug-likeness (QED) is 0.798. The molecule has 1 aromatic heterocycles. The van der Waals surface area contributed by atoms with Gasteiger partial charge in [0.1, 0.15) is 5.82 Å². The molecule has 1 fully saturated rings. The van der Waals surface area contributed by atoms with Gasteiger partial charge in [0.25, 0.3) is 0 Å². The summed E-state index contributed by atoms with van der Waals surface area (Å²) in [5.74, 6) is 2.69. The van der Waals surface area contributed by atoms with Crippen LogP contribution in [-0.4, -0.2) is 20.6 Å². The highest BCUT2D eigenvalue weighted by Gasteiger charge is 2.20. The molecule has 94 valence electrons. The summed E-state index contributed by atoms with van der Waals surface area (Å²) in [5.41, 5.74) is 1.34. The van der Waals surface area contributed by atoms with Gasteiger partial charge in [-0.05, 0) is 38.4 Å². The van der Waals surface area contributed by atoms with E-state index in [9.17, 15) is 0 Å². The van der Waals surface area contributed by atoms with Crippen molar-refractivity contribution in [2.75, 3.05) is 5.75 Å². The zero-order valence-corrected chi connectivity index (χ0v) is 11.5. The zero-order chi connectivity index (χ0) is 11.7. The van der Waals surface area contributed by atoms with Crippen molar-refractivity contribution in [2.24, 2.45) is 0 Å². The standard InChI is InChI=1S/C14H22N2S/c1-11-5-4-7-14-15-12(10-16(11)14)9-13-6-2-3-8-17-13/h10-11,13H,2-9H2,1H3. The van der Waals surface area contributed by atoms with Crippen molar-refractivity contribution >= 4 is 11.8 Å². The number of fused-ring (bicyclic) bond motifs is 1. The van der Waals surface area contributed by atoms with Crippen molar-refractivity contribution in [1.29, 1.82) is 0 Å². The molecule has 2 atom stereocenters. The van der Waals surface area contributed by atoms with Crippen LogP contribution in [0.2, 0.25) is 0 Å². The fourth-order valence-corrected chi connectivity index (χ4v) is 4.37. The molecule has 0 bridgehead atoms. The highest BCUT2D eigenvalue weighted by molar-refractivity contribution is 7.99. The number of aromatic nitrogens is 2. The molecule has 0 aliphatic carbocycles. The molecule has 3 rings (SSSR count). The van der Waals surface area contributed by atoms with Gasteiger partial charge in [0.05, 0.1) is 5.69 Å². The van der Waals surface area contributed by atoms with E-state index >= 15 is 0 Å². The maximum absolute atomic E-state index is 4.84. The van der Waals surface area contributed by atoms with Gasteiger partial charge >= 0.3 is 0 Å². The predicted molar refractivity (Wildman–Crippen MR) is 73.7 cm³/mol. The third-order valence-electron chi connectivity index (χ3n) is 4.07. The summed E-state index contributed by atoms with van der Waals surface area (Å²) in [5, 5.41) is 0.830. The van der Waals surface area contributed by atoms with Crippen LogP contribution in [0.25, 0.3) is 0 Å². The lowest BCUT2D eigenvalue weighted by atomic mass is 10.1. The van der Waals surface area contributed by atoms with Gasteiger partial charge in [0, 0.05) is 30.3 Å². The van der Waals surface area contributed by atoms with Crippen molar-refractivity contribution in [3.05, 3.63) is 17.7 Å². The highest BCUT2D eigenvalue weighted by atomic mass is 32.2. The van der Waals surface area contributed by atoms with E-state index in [1.54, 1.807) is 0 Å². The molecule has 17 heavy (non-hydrogen) atoms. The number of hydrogen-bond acceptors (Lipinski definition) is 2. The molecular formula is C14H22N2S. The van der Waals surface area contributed by atoms with E-state index in [-0.39, 0.29) is 0 Å². The highest BCUT2D eigenvalue weighted by Crippen LogP contribution is 2.29. The Morgan fingerprint density at radius 1 is 1.35 bits per heavy atom. The first kappa shape index (κ1) is 11.6. The third kappa shape index (κ3) is 2.54. The Bertz CT molecular complexity index is 380. The first-order valence-electron chi connectivity index (χ1n) is 7.01. The van der Waals surface area contributed by atoms with Crippen molar-refractivity contribution in [1.82, 2.24) is 9.55 Å². The van der Waals surface area contributed by atoms with Gasteiger partial charge in [-0.25, -0.2) is 4.98 Å². The normalized spacial score (nSPS) is 29.0. The van der Waals surface area contributed by atoms with Gasteiger partial charge in [-0.3, -0.25) is 0 Å². The van der Waals surface area contributed by atoms with Crippen LogP contribution in [-0.2, 0) is 12.8 Å². The van der Waals surface area contributed by atoms with Crippen LogP contribution in [0.3, 0.4) is 0 Å². The topological polar surface area (TPSA) is 17.8 Å². The van der Waals surface area contributed by atoms with E-state index in [1.807, 2.05) is 0 Å². The predicted octanol–water partition coefficient (Wildman–Crippen LogP) is 3.61. The SMILES string of the molecule is CC1CCCc2nc(CC3CCCCS3)cn21. The minimum Gasteiger partial charge on any atom is -0.332 e. The molecule has 0 N–H and O–H groups in total. The molecule has 2 unspecified atom stereocenters. The molecule has 3 heterocycles. The molecule has 2 nitrogen and oxygen atoms in total. The summed E-state index contributed by atoms with van der Waals surface area (Å²) in [4.78, 5) is 4.84. The van der Waals surface area contributed by atoms with E-state index < -0.39 is 0 Å². The molecule has 2 aliphatic rings. The summed E-state index contributed by atoms with van der Waals surface area (Å²) in [6.45, 7) is 2.32. The monoisotopic (exact) mass is 250 g/mol. The largest absolute Gasteiger partial charge is 0.332 e. The smallest absolute Gasteiger partial charge is 0.109 e. The van der Waals surface area contributed by atoms with Crippen LogP contribution in [0.15, 0.2) is 6.20 Å². The minimum absolute atomic E-state index is 0.666. The number of hydrogen-bond donors (Lipinski definition) is 0. The van der Waals surface area contributed by atoms with Gasteiger partial charge in [-0.1, -0.05) is 6.42 Å². The first-order valence-corrected chi connectivity index (χ1v) is 8.06. The van der Waals surface area contributed by atoms with Gasteiger partial charge in [0.2, 0.25) is 0 Å². The summed E-state index contributed by atoms with van der Waals surface area (Å²) in [6, 6.07) is 0.666. The summed E-state index contributed by atoms with van der Waals surface area (Å²) < 4.78 is 2.42.